The average molecular weight is 522 g/mol. The summed E-state index contributed by atoms with van der Waals surface area (Å²) in [6.07, 6.45) is 3.62. The van der Waals surface area contributed by atoms with Gasteiger partial charge in [0, 0.05) is 13.1 Å². The first-order valence-electron chi connectivity index (χ1n) is 13.1. The van der Waals surface area contributed by atoms with E-state index in [9.17, 15) is 9.59 Å². The molecule has 0 radical (unpaired) electrons. The molecule has 0 aliphatic carbocycles. The number of carboxylic acids is 1. The number of aromatic carboxylic acids is 1. The number of nitrogens with zero attached hydrogens (tertiary/aromatic N) is 2. The molecule has 1 aromatic heterocycles. The third-order valence-corrected chi connectivity index (χ3v) is 7.05. The van der Waals surface area contributed by atoms with Crippen molar-refractivity contribution in [2.45, 2.75) is 18.8 Å². The number of anilines is 2. The second-order valence-corrected chi connectivity index (χ2v) is 9.72. The van der Waals surface area contributed by atoms with Gasteiger partial charge in [-0.25, -0.2) is 9.78 Å². The quantitative estimate of drug-likeness (QED) is 0.287. The minimum absolute atomic E-state index is 0.100. The largest absolute Gasteiger partial charge is 0.493 e. The van der Waals surface area contributed by atoms with Gasteiger partial charge < -0.3 is 20.1 Å². The number of hydrogen-bond acceptors (Lipinski definition) is 5. The van der Waals surface area contributed by atoms with E-state index in [0.29, 0.717) is 24.0 Å². The first-order valence-corrected chi connectivity index (χ1v) is 13.1. The minimum Gasteiger partial charge on any atom is -0.493 e. The fourth-order valence-electron chi connectivity index (χ4n) is 4.91. The molecule has 0 spiro atoms. The second kappa shape index (κ2) is 12.3. The zero-order chi connectivity index (χ0) is 27.0. The zero-order valence-corrected chi connectivity index (χ0v) is 21.6. The molecule has 1 saturated heterocycles. The molecule has 0 unspecified atom stereocenters. The Morgan fingerprint density at radius 3 is 2.15 bits per heavy atom. The van der Waals surface area contributed by atoms with Gasteiger partial charge in [0.05, 0.1) is 30.0 Å². The lowest BCUT2D eigenvalue weighted by molar-refractivity contribution is -0.116. The molecule has 1 aliphatic rings. The molecule has 1 aliphatic heterocycles. The number of amides is 1. The van der Waals surface area contributed by atoms with Crippen molar-refractivity contribution in [1.29, 1.82) is 0 Å². The lowest BCUT2D eigenvalue weighted by Gasteiger charge is -2.32. The van der Waals surface area contributed by atoms with Crippen molar-refractivity contribution in [3.63, 3.8) is 0 Å². The van der Waals surface area contributed by atoms with Crippen LogP contribution >= 0.6 is 0 Å². The molecule has 4 aromatic rings. The monoisotopic (exact) mass is 521 g/mol. The van der Waals surface area contributed by atoms with Crippen LogP contribution in [0.2, 0.25) is 0 Å². The molecule has 7 heteroatoms. The summed E-state index contributed by atoms with van der Waals surface area (Å²) in [6.45, 7) is 2.26. The molecule has 1 amide bonds. The average Bonchev–Trinajstić information content (AvgIpc) is 2.98. The van der Waals surface area contributed by atoms with E-state index in [1.54, 1.807) is 30.5 Å². The van der Waals surface area contributed by atoms with E-state index in [0.717, 1.165) is 42.9 Å². The van der Waals surface area contributed by atoms with Crippen LogP contribution < -0.4 is 15.0 Å². The van der Waals surface area contributed by atoms with Crippen LogP contribution in [0.5, 0.6) is 5.75 Å². The first kappa shape index (κ1) is 26.0. The SMILES string of the molecule is O=C(O)c1cccc(OCC2CCN(c3ccc(NC(=O)C(c4ccccc4)c4ccccc4)cn3)CC2)c1. The Morgan fingerprint density at radius 2 is 1.56 bits per heavy atom. The predicted molar refractivity (Wildman–Crippen MR) is 151 cm³/mol. The van der Waals surface area contributed by atoms with Crippen LogP contribution in [-0.4, -0.2) is 41.7 Å². The normalized spacial score (nSPS) is 13.7. The molecule has 0 bridgehead atoms. The number of aromatic nitrogens is 1. The van der Waals surface area contributed by atoms with Crippen molar-refractivity contribution in [3.8, 4) is 5.75 Å². The number of pyridine rings is 1. The lowest BCUT2D eigenvalue weighted by Crippen LogP contribution is -2.36. The lowest BCUT2D eigenvalue weighted by atomic mass is 9.90. The molecule has 2 heterocycles. The van der Waals surface area contributed by atoms with Crippen molar-refractivity contribution >= 4 is 23.4 Å². The van der Waals surface area contributed by atoms with Crippen LogP contribution in [0.15, 0.2) is 103 Å². The summed E-state index contributed by atoms with van der Waals surface area (Å²) < 4.78 is 5.88. The summed E-state index contributed by atoms with van der Waals surface area (Å²) in [5, 5.41) is 12.2. The Balaban J connectivity index is 1.16. The Labute approximate surface area is 228 Å². The van der Waals surface area contributed by atoms with E-state index >= 15 is 0 Å². The van der Waals surface area contributed by atoms with Crippen molar-refractivity contribution in [3.05, 3.63) is 120 Å². The number of hydrogen-bond donors (Lipinski definition) is 2. The number of carbonyl (C=O) groups is 2. The van der Waals surface area contributed by atoms with Crippen molar-refractivity contribution in [1.82, 2.24) is 4.98 Å². The van der Waals surface area contributed by atoms with Crippen LogP contribution in [0, 0.1) is 5.92 Å². The fraction of sp³-hybridized carbons (Fsp3) is 0.219. The van der Waals surface area contributed by atoms with Gasteiger partial charge in [0.25, 0.3) is 0 Å². The summed E-state index contributed by atoms with van der Waals surface area (Å²) in [6, 6.07) is 30.0. The van der Waals surface area contributed by atoms with E-state index in [4.69, 9.17) is 9.84 Å². The third-order valence-electron chi connectivity index (χ3n) is 7.05. The number of piperidine rings is 1. The molecule has 198 valence electrons. The zero-order valence-electron chi connectivity index (χ0n) is 21.6. The number of benzene rings is 3. The Kier molecular flexibility index (Phi) is 8.17. The number of nitrogens with one attached hydrogen (secondary N) is 1. The van der Waals surface area contributed by atoms with Gasteiger partial charge in [0.15, 0.2) is 0 Å². The second-order valence-electron chi connectivity index (χ2n) is 9.72. The molecular formula is C32H31N3O4. The maximum Gasteiger partial charge on any atom is 0.335 e. The van der Waals surface area contributed by atoms with E-state index in [-0.39, 0.29) is 11.5 Å². The summed E-state index contributed by atoms with van der Waals surface area (Å²) in [4.78, 5) is 31.4. The highest BCUT2D eigenvalue weighted by atomic mass is 16.5. The topological polar surface area (TPSA) is 91.8 Å². The predicted octanol–water partition coefficient (Wildman–Crippen LogP) is 5.85. The Bertz CT molecular complexity index is 1350. The van der Waals surface area contributed by atoms with E-state index in [1.165, 1.54) is 0 Å². The van der Waals surface area contributed by atoms with Gasteiger partial charge >= 0.3 is 5.97 Å². The number of carboxylic acid groups (broad SMARTS) is 1. The van der Waals surface area contributed by atoms with Gasteiger partial charge in [-0.2, -0.15) is 0 Å². The smallest absolute Gasteiger partial charge is 0.335 e. The molecule has 2 N–H and O–H groups in total. The van der Waals surface area contributed by atoms with Crippen LogP contribution in [0.25, 0.3) is 0 Å². The molecule has 5 rings (SSSR count). The van der Waals surface area contributed by atoms with Gasteiger partial charge in [-0.15, -0.1) is 0 Å². The van der Waals surface area contributed by atoms with Crippen LogP contribution in [0.4, 0.5) is 11.5 Å². The molecule has 0 saturated carbocycles. The molecule has 3 aromatic carbocycles. The van der Waals surface area contributed by atoms with Gasteiger partial charge in [0.1, 0.15) is 11.6 Å². The number of ether oxygens (including phenoxy) is 1. The molecule has 7 nitrogen and oxygen atoms in total. The number of rotatable bonds is 9. The summed E-state index contributed by atoms with van der Waals surface area (Å²) in [7, 11) is 0. The summed E-state index contributed by atoms with van der Waals surface area (Å²) >= 11 is 0. The Morgan fingerprint density at radius 1 is 0.897 bits per heavy atom. The molecule has 39 heavy (non-hydrogen) atoms. The molecule has 0 atom stereocenters. The number of carbonyl (C=O) groups excluding carboxylic acids is 1. The third kappa shape index (κ3) is 6.62. The maximum absolute atomic E-state index is 13.4. The highest BCUT2D eigenvalue weighted by Crippen LogP contribution is 2.27. The van der Waals surface area contributed by atoms with Crippen molar-refractivity contribution in [2.75, 3.05) is 29.9 Å². The van der Waals surface area contributed by atoms with E-state index in [1.807, 2.05) is 72.8 Å². The van der Waals surface area contributed by atoms with Gasteiger partial charge in [-0.3, -0.25) is 4.79 Å². The minimum atomic E-state index is -0.959. The van der Waals surface area contributed by atoms with Crippen LogP contribution in [-0.2, 0) is 4.79 Å². The van der Waals surface area contributed by atoms with Crippen LogP contribution in [0.1, 0.15) is 40.2 Å². The van der Waals surface area contributed by atoms with Gasteiger partial charge in [-0.05, 0) is 60.2 Å². The molecule has 1 fully saturated rings. The van der Waals surface area contributed by atoms with Gasteiger partial charge in [-0.1, -0.05) is 66.7 Å². The fourth-order valence-corrected chi connectivity index (χ4v) is 4.91. The van der Waals surface area contributed by atoms with Crippen LogP contribution in [0.3, 0.4) is 0 Å². The summed E-state index contributed by atoms with van der Waals surface area (Å²) in [5.41, 5.74) is 2.76. The van der Waals surface area contributed by atoms with E-state index < -0.39 is 11.9 Å². The maximum atomic E-state index is 13.4. The van der Waals surface area contributed by atoms with Gasteiger partial charge in [0.2, 0.25) is 5.91 Å². The van der Waals surface area contributed by atoms with Crippen molar-refractivity contribution < 1.29 is 19.4 Å². The highest BCUT2D eigenvalue weighted by molar-refractivity contribution is 5.98. The highest BCUT2D eigenvalue weighted by Gasteiger charge is 2.24. The van der Waals surface area contributed by atoms with Crippen molar-refractivity contribution in [2.24, 2.45) is 5.92 Å². The first-order chi connectivity index (χ1) is 19.1. The molecular weight excluding hydrogens is 490 g/mol. The Hall–Kier alpha value is -4.65. The standard InChI is InChI=1S/C32H31N3O4/c36-31(30(24-8-3-1-4-9-24)25-10-5-2-6-11-25)34-27-14-15-29(33-21-27)35-18-16-23(17-19-35)22-39-28-13-7-12-26(20-28)32(37)38/h1-15,20-21,23,30H,16-19,22H2,(H,34,36)(H,37,38). The van der Waals surface area contributed by atoms with E-state index in [2.05, 4.69) is 15.2 Å². The summed E-state index contributed by atoms with van der Waals surface area (Å²) in [5.74, 6) is 0.374.